The van der Waals surface area contributed by atoms with E-state index in [2.05, 4.69) is 15.4 Å². The van der Waals surface area contributed by atoms with E-state index >= 15 is 0 Å². The average molecular weight is 335 g/mol. The van der Waals surface area contributed by atoms with Crippen LogP contribution >= 0.6 is 11.3 Å². The molecule has 1 unspecified atom stereocenters. The summed E-state index contributed by atoms with van der Waals surface area (Å²) in [6.45, 7) is 4.06. The molecule has 124 valence electrons. The summed E-state index contributed by atoms with van der Waals surface area (Å²) in [5.41, 5.74) is 0.695. The van der Waals surface area contributed by atoms with Crippen molar-refractivity contribution < 1.29 is 9.53 Å². The molecule has 0 aliphatic carbocycles. The summed E-state index contributed by atoms with van der Waals surface area (Å²) in [5, 5.41) is 8.14. The first-order chi connectivity index (χ1) is 11.1. The lowest BCUT2D eigenvalue weighted by Gasteiger charge is -2.16. The molecule has 23 heavy (non-hydrogen) atoms. The Hall–Kier alpha value is -1.93. The molecule has 0 radical (unpaired) electrons. The van der Waals surface area contributed by atoms with Crippen LogP contribution in [0.3, 0.4) is 0 Å². The number of carbonyl (C=O) groups is 1. The molecule has 0 spiro atoms. The summed E-state index contributed by atoms with van der Waals surface area (Å²) >= 11 is 1.60. The van der Waals surface area contributed by atoms with Crippen LogP contribution in [-0.4, -0.2) is 45.5 Å². The third-order valence-electron chi connectivity index (χ3n) is 3.71. The Morgan fingerprint density at radius 1 is 1.57 bits per heavy atom. The number of hydrogen-bond acceptors (Lipinski definition) is 5. The largest absolute Gasteiger partial charge is 0.376 e. The fraction of sp³-hybridized carbons (Fsp3) is 0.533. The van der Waals surface area contributed by atoms with E-state index < -0.39 is 0 Å². The number of thiazole rings is 1. The van der Waals surface area contributed by atoms with Gasteiger partial charge in [0, 0.05) is 30.9 Å². The topological polar surface area (TPSA) is 72.3 Å². The molecule has 7 nitrogen and oxygen atoms in total. The Morgan fingerprint density at radius 2 is 2.43 bits per heavy atom. The van der Waals surface area contributed by atoms with Crippen LogP contribution in [0.25, 0.3) is 0 Å². The zero-order chi connectivity index (χ0) is 16.2. The second-order valence-corrected chi connectivity index (χ2v) is 7.04. The SMILES string of the molecule is Cc1ncc(CN(C)C(=O)Nc2cnn(CC3CCCO3)c2)s1. The van der Waals surface area contributed by atoms with Crippen molar-refractivity contribution in [2.24, 2.45) is 0 Å². The summed E-state index contributed by atoms with van der Waals surface area (Å²) < 4.78 is 7.41. The highest BCUT2D eigenvalue weighted by Crippen LogP contribution is 2.16. The fourth-order valence-electron chi connectivity index (χ4n) is 2.53. The molecular weight excluding hydrogens is 314 g/mol. The van der Waals surface area contributed by atoms with Gasteiger partial charge in [0.05, 0.1) is 36.1 Å². The first-order valence-corrected chi connectivity index (χ1v) is 8.49. The van der Waals surface area contributed by atoms with Crippen LogP contribution in [0.2, 0.25) is 0 Å². The molecule has 0 bridgehead atoms. The Balaban J connectivity index is 1.51. The van der Waals surface area contributed by atoms with Gasteiger partial charge >= 0.3 is 6.03 Å². The molecule has 8 heteroatoms. The van der Waals surface area contributed by atoms with Gasteiger partial charge in [0.15, 0.2) is 0 Å². The lowest BCUT2D eigenvalue weighted by atomic mass is 10.2. The number of hydrogen-bond donors (Lipinski definition) is 1. The number of ether oxygens (including phenoxy) is 1. The zero-order valence-electron chi connectivity index (χ0n) is 13.4. The molecule has 3 heterocycles. The zero-order valence-corrected chi connectivity index (χ0v) is 14.2. The Kier molecular flexibility index (Phi) is 4.92. The molecule has 1 atom stereocenters. The van der Waals surface area contributed by atoms with Gasteiger partial charge in [0.25, 0.3) is 0 Å². The van der Waals surface area contributed by atoms with E-state index in [4.69, 9.17) is 4.74 Å². The van der Waals surface area contributed by atoms with Crippen LogP contribution in [0, 0.1) is 6.92 Å². The molecule has 0 saturated carbocycles. The minimum atomic E-state index is -0.160. The van der Waals surface area contributed by atoms with Gasteiger partial charge in [0.1, 0.15) is 0 Å². The lowest BCUT2D eigenvalue weighted by Crippen LogP contribution is -2.30. The van der Waals surface area contributed by atoms with Crippen LogP contribution in [0.1, 0.15) is 22.7 Å². The highest BCUT2D eigenvalue weighted by atomic mass is 32.1. The number of rotatable bonds is 5. The third kappa shape index (κ3) is 4.29. The van der Waals surface area contributed by atoms with Gasteiger partial charge in [-0.2, -0.15) is 5.10 Å². The summed E-state index contributed by atoms with van der Waals surface area (Å²) in [6.07, 6.45) is 7.72. The molecular formula is C15H21N5O2S. The number of anilines is 1. The maximum Gasteiger partial charge on any atom is 0.322 e. The molecule has 2 aromatic rings. The lowest BCUT2D eigenvalue weighted by molar-refractivity contribution is 0.0940. The number of aryl methyl sites for hydroxylation is 1. The molecule has 1 saturated heterocycles. The van der Waals surface area contributed by atoms with Gasteiger partial charge in [-0.05, 0) is 19.8 Å². The van der Waals surface area contributed by atoms with Crippen molar-refractivity contribution in [2.75, 3.05) is 19.0 Å². The minimum Gasteiger partial charge on any atom is -0.376 e. The van der Waals surface area contributed by atoms with E-state index in [1.807, 2.05) is 24.0 Å². The maximum atomic E-state index is 12.2. The summed E-state index contributed by atoms with van der Waals surface area (Å²) in [4.78, 5) is 19.1. The van der Waals surface area contributed by atoms with Crippen LogP contribution in [0.4, 0.5) is 10.5 Å². The van der Waals surface area contributed by atoms with Gasteiger partial charge in [-0.1, -0.05) is 0 Å². The van der Waals surface area contributed by atoms with E-state index in [9.17, 15) is 4.79 Å². The molecule has 2 amide bonds. The average Bonchev–Trinajstić information content (AvgIpc) is 3.24. The molecule has 0 aromatic carbocycles. The molecule has 1 fully saturated rings. The Labute approximate surface area is 139 Å². The molecule has 1 aliphatic heterocycles. The highest BCUT2D eigenvalue weighted by Gasteiger charge is 2.17. The van der Waals surface area contributed by atoms with Crippen molar-refractivity contribution >= 4 is 23.1 Å². The van der Waals surface area contributed by atoms with Crippen molar-refractivity contribution in [3.63, 3.8) is 0 Å². The second kappa shape index (κ2) is 7.10. The van der Waals surface area contributed by atoms with E-state index in [1.54, 1.807) is 29.5 Å². The van der Waals surface area contributed by atoms with Crippen LogP contribution in [0.15, 0.2) is 18.6 Å². The number of nitrogens with one attached hydrogen (secondary N) is 1. The van der Waals surface area contributed by atoms with Crippen molar-refractivity contribution in [2.45, 2.75) is 39.0 Å². The standard InChI is InChI=1S/C15H21N5O2S/c1-11-16-7-14(23-11)10-19(2)15(21)18-12-6-17-20(8-12)9-13-4-3-5-22-13/h6-8,13H,3-5,9-10H2,1-2H3,(H,18,21). The van der Waals surface area contributed by atoms with Gasteiger partial charge in [0.2, 0.25) is 0 Å². The highest BCUT2D eigenvalue weighted by molar-refractivity contribution is 7.11. The second-order valence-electron chi connectivity index (χ2n) is 5.72. The number of aromatic nitrogens is 3. The fourth-order valence-corrected chi connectivity index (χ4v) is 3.38. The van der Waals surface area contributed by atoms with Crippen LogP contribution < -0.4 is 5.32 Å². The first-order valence-electron chi connectivity index (χ1n) is 7.67. The summed E-state index contributed by atoms with van der Waals surface area (Å²) in [6, 6.07) is -0.160. The Morgan fingerprint density at radius 3 is 3.13 bits per heavy atom. The molecule has 1 N–H and O–H groups in total. The number of amides is 2. The van der Waals surface area contributed by atoms with Crippen LogP contribution in [0.5, 0.6) is 0 Å². The minimum absolute atomic E-state index is 0.160. The van der Waals surface area contributed by atoms with Crippen LogP contribution in [-0.2, 0) is 17.8 Å². The smallest absolute Gasteiger partial charge is 0.322 e. The van der Waals surface area contributed by atoms with Gasteiger partial charge in [-0.25, -0.2) is 9.78 Å². The number of carbonyl (C=O) groups excluding carboxylic acids is 1. The predicted molar refractivity (Wildman–Crippen MR) is 88.5 cm³/mol. The van der Waals surface area contributed by atoms with Crippen molar-refractivity contribution in [3.8, 4) is 0 Å². The van der Waals surface area contributed by atoms with Gasteiger partial charge < -0.3 is 15.0 Å². The maximum absolute atomic E-state index is 12.2. The summed E-state index contributed by atoms with van der Waals surface area (Å²) in [5.74, 6) is 0. The Bertz CT molecular complexity index is 662. The normalized spacial score (nSPS) is 17.4. The van der Waals surface area contributed by atoms with E-state index in [-0.39, 0.29) is 12.1 Å². The number of nitrogens with zero attached hydrogens (tertiary/aromatic N) is 4. The third-order valence-corrected chi connectivity index (χ3v) is 4.61. The molecule has 2 aromatic heterocycles. The molecule has 1 aliphatic rings. The van der Waals surface area contributed by atoms with Crippen molar-refractivity contribution in [1.29, 1.82) is 0 Å². The molecule has 3 rings (SSSR count). The van der Waals surface area contributed by atoms with Gasteiger partial charge in [-0.3, -0.25) is 4.68 Å². The quantitative estimate of drug-likeness (QED) is 0.911. The van der Waals surface area contributed by atoms with E-state index in [1.165, 1.54) is 0 Å². The number of urea groups is 1. The van der Waals surface area contributed by atoms with E-state index in [0.29, 0.717) is 12.2 Å². The van der Waals surface area contributed by atoms with Gasteiger partial charge in [-0.15, -0.1) is 11.3 Å². The monoisotopic (exact) mass is 335 g/mol. The van der Waals surface area contributed by atoms with Crippen molar-refractivity contribution in [1.82, 2.24) is 19.7 Å². The summed E-state index contributed by atoms with van der Waals surface area (Å²) in [7, 11) is 1.77. The predicted octanol–water partition coefficient (Wildman–Crippen LogP) is 2.49. The van der Waals surface area contributed by atoms with E-state index in [0.717, 1.165) is 35.9 Å². The first kappa shape index (κ1) is 15.9. The van der Waals surface area contributed by atoms with Crippen molar-refractivity contribution in [3.05, 3.63) is 28.5 Å².